The number of hydrogen-bond acceptors (Lipinski definition) is 6. The number of rotatable bonds is 13. The van der Waals surface area contributed by atoms with E-state index in [1.54, 1.807) is 24.3 Å². The van der Waals surface area contributed by atoms with Gasteiger partial charge in [-0.25, -0.2) is 0 Å². The molecule has 3 rings (SSSR count). The second kappa shape index (κ2) is 14.2. The number of nitrogens with zero attached hydrogens (tertiary/aromatic N) is 2. The first kappa shape index (κ1) is 29.4. The van der Waals surface area contributed by atoms with E-state index in [-0.39, 0.29) is 35.6 Å². The normalized spacial score (nSPS) is 11.5. The van der Waals surface area contributed by atoms with Crippen LogP contribution in [0.15, 0.2) is 72.8 Å². The third-order valence-corrected chi connectivity index (χ3v) is 6.18. The molecule has 1 N–H and O–H groups in total. The van der Waals surface area contributed by atoms with Crippen LogP contribution in [0.3, 0.4) is 0 Å². The van der Waals surface area contributed by atoms with Crippen LogP contribution >= 0.6 is 11.6 Å². The van der Waals surface area contributed by atoms with Gasteiger partial charge in [-0.1, -0.05) is 67.9 Å². The summed E-state index contributed by atoms with van der Waals surface area (Å²) in [6.07, 6.45) is 0.301. The molecule has 0 spiro atoms. The monoisotopic (exact) mass is 553 g/mol. The van der Waals surface area contributed by atoms with Crippen LogP contribution in [-0.2, 0) is 22.6 Å². The van der Waals surface area contributed by atoms with E-state index in [0.29, 0.717) is 18.0 Å². The Kier molecular flexibility index (Phi) is 10.7. The number of amides is 2. The molecule has 0 unspecified atom stereocenters. The highest BCUT2D eigenvalue weighted by molar-refractivity contribution is 6.30. The summed E-state index contributed by atoms with van der Waals surface area (Å²) in [6.45, 7) is 4.21. The number of hydrogen-bond donors (Lipinski definition) is 1. The Morgan fingerprint density at radius 2 is 1.72 bits per heavy atom. The molecule has 0 radical (unpaired) electrons. The molecule has 0 saturated heterocycles. The second-order valence-corrected chi connectivity index (χ2v) is 9.81. The topological polar surface area (TPSA) is 111 Å². The zero-order valence-electron chi connectivity index (χ0n) is 22.1. The van der Waals surface area contributed by atoms with Crippen molar-refractivity contribution in [3.63, 3.8) is 0 Å². The lowest BCUT2D eigenvalue weighted by atomic mass is 10.0. The molecule has 3 aromatic rings. The van der Waals surface area contributed by atoms with E-state index in [0.717, 1.165) is 11.1 Å². The number of halogens is 1. The van der Waals surface area contributed by atoms with Crippen molar-refractivity contribution >= 4 is 29.1 Å². The first-order valence-electron chi connectivity index (χ1n) is 12.5. The van der Waals surface area contributed by atoms with Gasteiger partial charge in [0.2, 0.25) is 11.7 Å². The smallest absolute Gasteiger partial charge is 0.311 e. The Bertz CT molecular complexity index is 1270. The van der Waals surface area contributed by atoms with E-state index in [4.69, 9.17) is 21.1 Å². The fourth-order valence-corrected chi connectivity index (χ4v) is 4.02. The summed E-state index contributed by atoms with van der Waals surface area (Å²) in [5.74, 6) is -0.235. The predicted octanol–water partition coefficient (Wildman–Crippen LogP) is 5.05. The average molecular weight is 554 g/mol. The highest BCUT2D eigenvalue weighted by Crippen LogP contribution is 2.31. The largest absolute Gasteiger partial charge is 0.490 e. The molecule has 9 nitrogen and oxygen atoms in total. The van der Waals surface area contributed by atoms with Crippen molar-refractivity contribution in [2.45, 2.75) is 32.9 Å². The zero-order valence-corrected chi connectivity index (χ0v) is 22.9. The van der Waals surface area contributed by atoms with E-state index in [1.807, 2.05) is 44.2 Å². The van der Waals surface area contributed by atoms with E-state index in [2.05, 4.69) is 5.32 Å². The van der Waals surface area contributed by atoms with Gasteiger partial charge in [-0.3, -0.25) is 19.7 Å². The van der Waals surface area contributed by atoms with Crippen molar-refractivity contribution < 1.29 is 24.0 Å². The van der Waals surface area contributed by atoms with Crippen molar-refractivity contribution in [3.05, 3.63) is 99.1 Å². The molecule has 2 amide bonds. The SMILES string of the molecule is COc1cc(OCC(=O)N(Cc2ccc(Cl)cc2)[C@@H](Cc2ccccc2)C(=O)NCC(C)C)ccc1[N+](=O)[O-]. The second-order valence-electron chi connectivity index (χ2n) is 9.37. The van der Waals surface area contributed by atoms with Crippen LogP contribution in [-0.4, -0.2) is 47.9 Å². The van der Waals surface area contributed by atoms with Gasteiger partial charge in [-0.2, -0.15) is 0 Å². The maximum absolute atomic E-state index is 13.6. The lowest BCUT2D eigenvalue weighted by Gasteiger charge is -2.31. The van der Waals surface area contributed by atoms with Crippen LogP contribution in [0.25, 0.3) is 0 Å². The number of nitro benzene ring substituents is 1. The van der Waals surface area contributed by atoms with E-state index in [1.165, 1.54) is 30.2 Å². The summed E-state index contributed by atoms with van der Waals surface area (Å²) in [6, 6.07) is 19.7. The highest BCUT2D eigenvalue weighted by Gasteiger charge is 2.31. The van der Waals surface area contributed by atoms with Crippen LogP contribution in [0.5, 0.6) is 11.5 Å². The third-order valence-electron chi connectivity index (χ3n) is 5.93. The molecule has 0 aliphatic carbocycles. The van der Waals surface area contributed by atoms with Gasteiger partial charge in [-0.15, -0.1) is 0 Å². The molecule has 0 aliphatic heterocycles. The fourth-order valence-electron chi connectivity index (χ4n) is 3.89. The molecule has 0 saturated carbocycles. The average Bonchev–Trinajstić information content (AvgIpc) is 2.93. The summed E-state index contributed by atoms with van der Waals surface area (Å²) in [7, 11) is 1.31. The minimum atomic E-state index is -0.815. The van der Waals surface area contributed by atoms with Crippen molar-refractivity contribution in [2.75, 3.05) is 20.3 Å². The summed E-state index contributed by atoms with van der Waals surface area (Å²) >= 11 is 6.06. The first-order valence-corrected chi connectivity index (χ1v) is 12.9. The van der Waals surface area contributed by atoms with Crippen molar-refractivity contribution in [1.82, 2.24) is 10.2 Å². The molecule has 3 aromatic carbocycles. The zero-order chi connectivity index (χ0) is 28.4. The number of benzene rings is 3. The van der Waals surface area contributed by atoms with Crippen LogP contribution < -0.4 is 14.8 Å². The molecule has 0 aromatic heterocycles. The maximum Gasteiger partial charge on any atom is 0.311 e. The molecule has 39 heavy (non-hydrogen) atoms. The fraction of sp³-hybridized carbons (Fsp3) is 0.310. The molecule has 0 heterocycles. The van der Waals surface area contributed by atoms with E-state index >= 15 is 0 Å². The van der Waals surface area contributed by atoms with Crippen LogP contribution in [0.4, 0.5) is 5.69 Å². The lowest BCUT2D eigenvalue weighted by molar-refractivity contribution is -0.385. The van der Waals surface area contributed by atoms with Crippen molar-refractivity contribution in [1.29, 1.82) is 0 Å². The minimum Gasteiger partial charge on any atom is -0.490 e. The number of ether oxygens (including phenoxy) is 2. The molecule has 0 fully saturated rings. The molecule has 10 heteroatoms. The van der Waals surface area contributed by atoms with E-state index < -0.39 is 23.5 Å². The number of nitrogens with one attached hydrogen (secondary N) is 1. The number of carbonyl (C=O) groups excluding carboxylic acids is 2. The summed E-state index contributed by atoms with van der Waals surface area (Å²) in [5, 5.41) is 14.7. The highest BCUT2D eigenvalue weighted by atomic mass is 35.5. The van der Waals surface area contributed by atoms with Gasteiger partial charge in [0.05, 0.1) is 12.0 Å². The molecule has 0 bridgehead atoms. The third kappa shape index (κ3) is 8.71. The van der Waals surface area contributed by atoms with Gasteiger partial charge in [0.1, 0.15) is 11.8 Å². The van der Waals surface area contributed by atoms with Gasteiger partial charge in [-0.05, 0) is 35.2 Å². The van der Waals surface area contributed by atoms with Gasteiger partial charge in [0.25, 0.3) is 5.91 Å². The Hall–Kier alpha value is -4.11. The summed E-state index contributed by atoms with van der Waals surface area (Å²) in [5.41, 5.74) is 1.47. The van der Waals surface area contributed by atoms with Gasteiger partial charge < -0.3 is 19.7 Å². The quantitative estimate of drug-likeness (QED) is 0.234. The number of methoxy groups -OCH3 is 1. The minimum absolute atomic E-state index is 0.0120. The van der Waals surface area contributed by atoms with Gasteiger partial charge in [0, 0.05) is 36.7 Å². The summed E-state index contributed by atoms with van der Waals surface area (Å²) < 4.78 is 10.8. The van der Waals surface area contributed by atoms with E-state index in [9.17, 15) is 19.7 Å². The lowest BCUT2D eigenvalue weighted by Crippen LogP contribution is -2.52. The summed E-state index contributed by atoms with van der Waals surface area (Å²) in [4.78, 5) is 39.2. The molecule has 1 atom stereocenters. The Balaban J connectivity index is 1.90. The predicted molar refractivity (Wildman–Crippen MR) is 149 cm³/mol. The van der Waals surface area contributed by atoms with Gasteiger partial charge in [0.15, 0.2) is 6.61 Å². The first-order chi connectivity index (χ1) is 18.7. The van der Waals surface area contributed by atoms with Crippen LogP contribution in [0.1, 0.15) is 25.0 Å². The van der Waals surface area contributed by atoms with Crippen LogP contribution in [0.2, 0.25) is 5.02 Å². The Labute approximate surface area is 232 Å². The number of carbonyl (C=O) groups is 2. The molecular weight excluding hydrogens is 522 g/mol. The Morgan fingerprint density at radius 3 is 2.33 bits per heavy atom. The number of nitro groups is 1. The molecular formula is C29H32ClN3O6. The van der Waals surface area contributed by atoms with Crippen LogP contribution in [0, 0.1) is 16.0 Å². The standard InChI is InChI=1S/C29H32ClN3O6/c1-20(2)17-31-29(35)26(15-21-7-5-4-6-8-21)32(18-22-9-11-23(30)12-10-22)28(34)19-39-24-13-14-25(33(36)37)27(16-24)38-3/h4-14,16,20,26H,15,17-19H2,1-3H3,(H,31,35)/t26-/m0/s1. The molecule has 206 valence electrons. The van der Waals surface area contributed by atoms with Gasteiger partial charge >= 0.3 is 5.69 Å². The molecule has 0 aliphatic rings. The maximum atomic E-state index is 13.6. The van der Waals surface area contributed by atoms with Crippen molar-refractivity contribution in [2.24, 2.45) is 5.92 Å². The Morgan fingerprint density at radius 1 is 1.03 bits per heavy atom. The van der Waals surface area contributed by atoms with Crippen molar-refractivity contribution in [3.8, 4) is 11.5 Å².